The summed E-state index contributed by atoms with van der Waals surface area (Å²) in [7, 11) is -2.22. The third-order valence-electron chi connectivity index (χ3n) is 3.95. The molecule has 5 nitrogen and oxygen atoms in total. The van der Waals surface area contributed by atoms with Crippen molar-refractivity contribution < 1.29 is 13.2 Å². The molecule has 2 rings (SSSR count). The third-order valence-corrected chi connectivity index (χ3v) is 5.86. The minimum absolute atomic E-state index is 0.115. The fourth-order valence-corrected chi connectivity index (χ4v) is 4.25. The van der Waals surface area contributed by atoms with Crippen LogP contribution in [0.1, 0.15) is 19.4 Å². The Kier molecular flexibility index (Phi) is 6.87. The Morgan fingerprint density at radius 2 is 1.72 bits per heavy atom. The number of benzene rings is 2. The maximum absolute atomic E-state index is 12.6. The summed E-state index contributed by atoms with van der Waals surface area (Å²) < 4.78 is 33.6. The Balaban J connectivity index is 2.14. The maximum Gasteiger partial charge on any atom is 0.244 e. The molecule has 0 atom stereocenters. The van der Waals surface area contributed by atoms with Gasteiger partial charge in [-0.25, -0.2) is 13.1 Å². The van der Waals surface area contributed by atoms with Crippen LogP contribution in [0, 0.1) is 0 Å². The van der Waals surface area contributed by atoms with E-state index in [-0.39, 0.29) is 11.4 Å². The molecule has 0 radical (unpaired) electrons. The molecule has 0 aliphatic rings. The molecular weight excluding hydrogens is 404 g/mol. The molecular formula is C18H23BrN2O3S. The van der Waals surface area contributed by atoms with E-state index >= 15 is 0 Å². The molecule has 0 saturated carbocycles. The largest absolute Gasteiger partial charge is 0.495 e. The predicted octanol–water partition coefficient (Wildman–Crippen LogP) is 3.78. The van der Waals surface area contributed by atoms with Gasteiger partial charge in [-0.15, -0.1) is 0 Å². The van der Waals surface area contributed by atoms with Crippen LogP contribution in [0.5, 0.6) is 5.75 Å². The molecule has 0 saturated heterocycles. The molecule has 1 N–H and O–H groups in total. The zero-order valence-electron chi connectivity index (χ0n) is 14.6. The van der Waals surface area contributed by atoms with Gasteiger partial charge in [-0.2, -0.15) is 0 Å². The summed E-state index contributed by atoms with van der Waals surface area (Å²) in [5, 5.41) is 0. The lowest BCUT2D eigenvalue weighted by atomic mass is 10.2. The Hall–Kier alpha value is -1.57. The third kappa shape index (κ3) is 4.96. The van der Waals surface area contributed by atoms with Gasteiger partial charge in [0.15, 0.2) is 0 Å². The average molecular weight is 427 g/mol. The summed E-state index contributed by atoms with van der Waals surface area (Å²) in [6.45, 7) is 6.31. The summed E-state index contributed by atoms with van der Waals surface area (Å²) in [5.74, 6) is 0.313. The van der Waals surface area contributed by atoms with Gasteiger partial charge in [-0.3, -0.25) is 0 Å². The molecule has 0 aromatic heterocycles. The zero-order valence-corrected chi connectivity index (χ0v) is 17.0. The van der Waals surface area contributed by atoms with Crippen molar-refractivity contribution in [3.63, 3.8) is 0 Å². The highest BCUT2D eigenvalue weighted by Crippen LogP contribution is 2.27. The Morgan fingerprint density at radius 3 is 2.28 bits per heavy atom. The van der Waals surface area contributed by atoms with Crippen molar-refractivity contribution in [3.05, 3.63) is 52.5 Å². The highest BCUT2D eigenvalue weighted by Gasteiger charge is 2.19. The van der Waals surface area contributed by atoms with Gasteiger partial charge in [0.25, 0.3) is 0 Å². The monoisotopic (exact) mass is 426 g/mol. The van der Waals surface area contributed by atoms with Gasteiger partial charge in [-0.05, 0) is 49.7 Å². The standard InChI is InChI=1S/C18H23BrN2O3S/c1-4-21(5-2)16-9-6-14(7-10-16)13-20-25(22,23)18-12-15(19)8-11-17(18)24-3/h6-12,20H,4-5,13H2,1-3H3. The normalized spacial score (nSPS) is 11.4. The summed E-state index contributed by atoms with van der Waals surface area (Å²) in [4.78, 5) is 2.35. The number of sulfonamides is 1. The van der Waals surface area contributed by atoms with Crippen molar-refractivity contribution >= 4 is 31.6 Å². The summed E-state index contributed by atoms with van der Waals surface area (Å²) in [6.07, 6.45) is 0. The average Bonchev–Trinajstić information content (AvgIpc) is 2.62. The van der Waals surface area contributed by atoms with Crippen molar-refractivity contribution in [3.8, 4) is 5.75 Å². The second-order valence-corrected chi connectivity index (χ2v) is 8.11. The van der Waals surface area contributed by atoms with Crippen molar-refractivity contribution in [2.75, 3.05) is 25.1 Å². The van der Waals surface area contributed by atoms with E-state index in [1.54, 1.807) is 12.1 Å². The fraction of sp³-hybridized carbons (Fsp3) is 0.333. The summed E-state index contributed by atoms with van der Waals surface area (Å²) in [6, 6.07) is 12.8. The second kappa shape index (κ2) is 8.69. The first-order valence-electron chi connectivity index (χ1n) is 8.08. The SMILES string of the molecule is CCN(CC)c1ccc(CNS(=O)(=O)c2cc(Br)ccc2OC)cc1. The zero-order chi connectivity index (χ0) is 18.4. The Labute approximate surface area is 158 Å². The molecule has 0 aliphatic carbocycles. The van der Waals surface area contributed by atoms with Crippen molar-refractivity contribution in [2.45, 2.75) is 25.3 Å². The van der Waals surface area contributed by atoms with E-state index < -0.39 is 10.0 Å². The maximum atomic E-state index is 12.6. The summed E-state index contributed by atoms with van der Waals surface area (Å²) >= 11 is 3.30. The van der Waals surface area contributed by atoms with Crippen LogP contribution in [-0.2, 0) is 16.6 Å². The van der Waals surface area contributed by atoms with Crippen LogP contribution in [0.15, 0.2) is 51.8 Å². The molecule has 136 valence electrons. The highest BCUT2D eigenvalue weighted by molar-refractivity contribution is 9.10. The number of rotatable bonds is 8. The quantitative estimate of drug-likeness (QED) is 0.697. The lowest BCUT2D eigenvalue weighted by molar-refractivity contribution is 0.402. The lowest BCUT2D eigenvalue weighted by Gasteiger charge is -2.21. The van der Waals surface area contributed by atoms with E-state index in [4.69, 9.17) is 4.74 Å². The molecule has 7 heteroatoms. The molecule has 2 aromatic rings. The molecule has 0 bridgehead atoms. The Morgan fingerprint density at radius 1 is 1.08 bits per heavy atom. The first-order valence-corrected chi connectivity index (χ1v) is 10.4. The molecule has 25 heavy (non-hydrogen) atoms. The van der Waals surface area contributed by atoms with Crippen molar-refractivity contribution in [1.29, 1.82) is 0 Å². The molecule has 0 fully saturated rings. The van der Waals surface area contributed by atoms with Crippen LogP contribution >= 0.6 is 15.9 Å². The van der Waals surface area contributed by atoms with Gasteiger partial charge < -0.3 is 9.64 Å². The van der Waals surface area contributed by atoms with Crippen LogP contribution < -0.4 is 14.4 Å². The van der Waals surface area contributed by atoms with Gasteiger partial charge in [0.2, 0.25) is 10.0 Å². The van der Waals surface area contributed by atoms with Crippen molar-refractivity contribution in [2.24, 2.45) is 0 Å². The van der Waals surface area contributed by atoms with Crippen LogP contribution in [0.4, 0.5) is 5.69 Å². The molecule has 0 spiro atoms. The van der Waals surface area contributed by atoms with E-state index in [0.29, 0.717) is 10.2 Å². The molecule has 2 aromatic carbocycles. The lowest BCUT2D eigenvalue weighted by Crippen LogP contribution is -2.24. The smallest absolute Gasteiger partial charge is 0.244 e. The minimum Gasteiger partial charge on any atom is -0.495 e. The van der Waals surface area contributed by atoms with E-state index in [1.165, 1.54) is 13.2 Å². The molecule has 0 aliphatic heterocycles. The number of hydrogen-bond acceptors (Lipinski definition) is 4. The highest BCUT2D eigenvalue weighted by atomic mass is 79.9. The van der Waals surface area contributed by atoms with Gasteiger partial charge in [0.1, 0.15) is 10.6 Å². The number of nitrogens with one attached hydrogen (secondary N) is 1. The van der Waals surface area contributed by atoms with Gasteiger partial charge in [0, 0.05) is 29.8 Å². The van der Waals surface area contributed by atoms with Gasteiger partial charge >= 0.3 is 0 Å². The summed E-state index contributed by atoms with van der Waals surface area (Å²) in [5.41, 5.74) is 2.03. The van der Waals surface area contributed by atoms with Gasteiger partial charge in [0.05, 0.1) is 7.11 Å². The molecule has 0 heterocycles. The minimum atomic E-state index is -3.67. The number of hydrogen-bond donors (Lipinski definition) is 1. The number of ether oxygens (including phenoxy) is 1. The number of methoxy groups -OCH3 is 1. The number of anilines is 1. The van der Waals surface area contributed by atoms with Crippen molar-refractivity contribution in [1.82, 2.24) is 4.72 Å². The van der Waals surface area contributed by atoms with E-state index in [2.05, 4.69) is 39.4 Å². The fourth-order valence-electron chi connectivity index (χ4n) is 2.53. The predicted molar refractivity (Wildman–Crippen MR) is 105 cm³/mol. The number of halogens is 1. The van der Waals surface area contributed by atoms with Crippen LogP contribution in [-0.4, -0.2) is 28.6 Å². The molecule has 0 unspecified atom stereocenters. The first-order chi connectivity index (χ1) is 11.9. The molecule has 0 amide bonds. The van der Waals surface area contributed by atoms with E-state index in [1.807, 2.05) is 24.3 Å². The van der Waals surface area contributed by atoms with Crippen LogP contribution in [0.3, 0.4) is 0 Å². The van der Waals surface area contributed by atoms with E-state index in [9.17, 15) is 8.42 Å². The van der Waals surface area contributed by atoms with Gasteiger partial charge in [-0.1, -0.05) is 28.1 Å². The number of nitrogens with zero attached hydrogens (tertiary/aromatic N) is 1. The Bertz CT molecular complexity index is 804. The van der Waals surface area contributed by atoms with Crippen LogP contribution in [0.2, 0.25) is 0 Å². The topological polar surface area (TPSA) is 58.6 Å². The van der Waals surface area contributed by atoms with E-state index in [0.717, 1.165) is 24.3 Å². The van der Waals surface area contributed by atoms with Crippen LogP contribution in [0.25, 0.3) is 0 Å². The second-order valence-electron chi connectivity index (χ2n) is 5.46. The first kappa shape index (κ1) is 19.8.